The van der Waals surface area contributed by atoms with E-state index in [9.17, 15) is 24.0 Å². The molecule has 0 saturated heterocycles. The van der Waals surface area contributed by atoms with Gasteiger partial charge in [0.15, 0.2) is 0 Å². The number of aliphatic hydroxyl groups excluding tert-OH is 1. The predicted octanol–water partition coefficient (Wildman–Crippen LogP) is 3.11. The predicted molar refractivity (Wildman–Crippen MR) is 69.9 cm³/mol. The van der Waals surface area contributed by atoms with E-state index in [0.717, 1.165) is 18.9 Å². The number of nitro groups is 1. The number of hydrogen-bond donors (Lipinski definition) is 2. The summed E-state index contributed by atoms with van der Waals surface area (Å²) < 4.78 is 25.9. The molecule has 2 unspecified atom stereocenters. The smallest absolute Gasteiger partial charge is 0.270 e. The van der Waals surface area contributed by atoms with Gasteiger partial charge in [-0.1, -0.05) is 0 Å². The van der Waals surface area contributed by atoms with Crippen LogP contribution in [0.2, 0.25) is 0 Å². The zero-order valence-corrected chi connectivity index (χ0v) is 10.8. The highest BCUT2D eigenvalue weighted by molar-refractivity contribution is 5.56. The number of halogens is 2. The van der Waals surface area contributed by atoms with Gasteiger partial charge in [0.2, 0.25) is 0 Å². The molecular weight excluding hydrogens is 270 g/mol. The number of aliphatic hydroxyl groups is 1. The lowest BCUT2D eigenvalue weighted by Crippen LogP contribution is -2.13. The Balaban J connectivity index is 2.08. The third kappa shape index (κ3) is 3.41. The van der Waals surface area contributed by atoms with Gasteiger partial charge in [-0.3, -0.25) is 10.1 Å². The van der Waals surface area contributed by atoms with E-state index in [2.05, 4.69) is 5.32 Å². The third-order valence-corrected chi connectivity index (χ3v) is 3.58. The zero-order chi connectivity index (χ0) is 14.7. The quantitative estimate of drug-likeness (QED) is 0.644. The van der Waals surface area contributed by atoms with Crippen LogP contribution in [-0.4, -0.2) is 22.7 Å². The van der Waals surface area contributed by atoms with E-state index in [1.165, 1.54) is 12.1 Å². The summed E-state index contributed by atoms with van der Waals surface area (Å²) in [7, 11) is 0. The van der Waals surface area contributed by atoms with Crippen LogP contribution in [0.3, 0.4) is 0 Å². The second-order valence-corrected chi connectivity index (χ2v) is 5.04. The first-order chi connectivity index (χ1) is 9.47. The number of rotatable bonds is 5. The minimum absolute atomic E-state index is 0.215. The highest BCUT2D eigenvalue weighted by Crippen LogP contribution is 2.32. The SMILES string of the molecule is O=[N+]([O-])c1ccc(NCC2CCC(O)C2)c(C(F)F)c1. The molecule has 1 aromatic rings. The van der Waals surface area contributed by atoms with Crippen LogP contribution < -0.4 is 5.32 Å². The Morgan fingerprint density at radius 3 is 2.75 bits per heavy atom. The lowest BCUT2D eigenvalue weighted by molar-refractivity contribution is -0.385. The highest BCUT2D eigenvalue weighted by atomic mass is 19.3. The molecule has 2 rings (SSSR count). The van der Waals surface area contributed by atoms with Gasteiger partial charge in [-0.05, 0) is 31.2 Å². The first kappa shape index (κ1) is 14.6. The van der Waals surface area contributed by atoms with Crippen molar-refractivity contribution >= 4 is 11.4 Å². The van der Waals surface area contributed by atoms with Crippen LogP contribution in [0.25, 0.3) is 0 Å². The van der Waals surface area contributed by atoms with Crippen LogP contribution in [0.1, 0.15) is 31.3 Å². The summed E-state index contributed by atoms with van der Waals surface area (Å²) in [6, 6.07) is 3.42. The van der Waals surface area contributed by atoms with Crippen molar-refractivity contribution in [3.8, 4) is 0 Å². The Bertz CT molecular complexity index is 497. The summed E-state index contributed by atoms with van der Waals surface area (Å²) in [6.45, 7) is 0.481. The van der Waals surface area contributed by atoms with E-state index in [4.69, 9.17) is 0 Å². The Morgan fingerprint density at radius 2 is 2.20 bits per heavy atom. The fraction of sp³-hybridized carbons (Fsp3) is 0.538. The van der Waals surface area contributed by atoms with Crippen molar-refractivity contribution in [3.05, 3.63) is 33.9 Å². The number of anilines is 1. The molecule has 20 heavy (non-hydrogen) atoms. The summed E-state index contributed by atoms with van der Waals surface area (Å²) in [5.74, 6) is 0.241. The van der Waals surface area contributed by atoms with E-state index in [-0.39, 0.29) is 29.0 Å². The Labute approximate surface area is 114 Å². The van der Waals surface area contributed by atoms with Gasteiger partial charge in [0, 0.05) is 29.9 Å². The second-order valence-electron chi connectivity index (χ2n) is 5.04. The molecule has 0 bridgehead atoms. The van der Waals surface area contributed by atoms with Crippen molar-refractivity contribution in [2.75, 3.05) is 11.9 Å². The molecule has 0 heterocycles. The molecule has 0 spiro atoms. The van der Waals surface area contributed by atoms with Crippen molar-refractivity contribution in [1.82, 2.24) is 0 Å². The van der Waals surface area contributed by atoms with E-state index >= 15 is 0 Å². The van der Waals surface area contributed by atoms with Crippen molar-refractivity contribution in [1.29, 1.82) is 0 Å². The maximum atomic E-state index is 12.9. The maximum Gasteiger partial charge on any atom is 0.270 e. The normalized spacial score (nSPS) is 22.2. The van der Waals surface area contributed by atoms with Gasteiger partial charge in [0.05, 0.1) is 11.0 Å². The van der Waals surface area contributed by atoms with Gasteiger partial charge < -0.3 is 10.4 Å². The summed E-state index contributed by atoms with van der Waals surface area (Å²) in [5, 5.41) is 22.9. The van der Waals surface area contributed by atoms with Gasteiger partial charge in [-0.25, -0.2) is 8.78 Å². The number of non-ortho nitro benzene ring substituents is 1. The van der Waals surface area contributed by atoms with E-state index in [1.807, 2.05) is 0 Å². The maximum absolute atomic E-state index is 12.9. The van der Waals surface area contributed by atoms with Crippen LogP contribution in [0.5, 0.6) is 0 Å². The van der Waals surface area contributed by atoms with Crippen LogP contribution in [0.15, 0.2) is 18.2 Å². The van der Waals surface area contributed by atoms with E-state index in [1.54, 1.807) is 0 Å². The third-order valence-electron chi connectivity index (χ3n) is 3.58. The molecule has 1 aliphatic carbocycles. The molecule has 7 heteroatoms. The van der Waals surface area contributed by atoms with Gasteiger partial charge in [-0.2, -0.15) is 0 Å². The molecule has 2 N–H and O–H groups in total. The van der Waals surface area contributed by atoms with Crippen LogP contribution in [-0.2, 0) is 0 Å². The van der Waals surface area contributed by atoms with Crippen molar-refractivity contribution in [2.45, 2.75) is 31.8 Å². The minimum atomic E-state index is -2.77. The Kier molecular flexibility index (Phi) is 4.49. The summed E-state index contributed by atoms with van der Waals surface area (Å²) in [4.78, 5) is 9.91. The van der Waals surface area contributed by atoms with Crippen molar-refractivity contribution < 1.29 is 18.8 Å². The average molecular weight is 286 g/mol. The largest absolute Gasteiger partial charge is 0.393 e. The number of hydrogen-bond acceptors (Lipinski definition) is 4. The van der Waals surface area contributed by atoms with Gasteiger partial charge in [-0.15, -0.1) is 0 Å². The summed E-state index contributed by atoms with van der Waals surface area (Å²) >= 11 is 0. The van der Waals surface area contributed by atoms with Crippen LogP contribution in [0, 0.1) is 16.0 Å². The van der Waals surface area contributed by atoms with Gasteiger partial charge in [0.25, 0.3) is 12.1 Å². The Morgan fingerprint density at radius 1 is 1.45 bits per heavy atom. The summed E-state index contributed by atoms with van der Waals surface area (Å²) in [5.41, 5.74) is -0.494. The van der Waals surface area contributed by atoms with Crippen molar-refractivity contribution in [2.24, 2.45) is 5.92 Å². The number of alkyl halides is 2. The molecule has 0 aromatic heterocycles. The molecule has 5 nitrogen and oxygen atoms in total. The standard InChI is InChI=1S/C13H16F2N2O3/c14-13(15)11-6-9(17(19)20)2-4-12(11)16-7-8-1-3-10(18)5-8/h2,4,6,8,10,13,16,18H,1,3,5,7H2. The average Bonchev–Trinajstić information content (AvgIpc) is 2.81. The lowest BCUT2D eigenvalue weighted by atomic mass is 10.1. The summed E-state index contributed by atoms with van der Waals surface area (Å²) in [6.07, 6.45) is -0.844. The number of nitrogens with one attached hydrogen (secondary N) is 1. The van der Waals surface area contributed by atoms with Crippen LogP contribution >= 0.6 is 0 Å². The number of benzene rings is 1. The fourth-order valence-electron chi connectivity index (χ4n) is 2.49. The molecule has 1 fully saturated rings. The molecule has 0 aliphatic heterocycles. The molecule has 1 aromatic carbocycles. The number of nitrogens with zero attached hydrogens (tertiary/aromatic N) is 1. The van der Waals surface area contributed by atoms with Gasteiger partial charge >= 0.3 is 0 Å². The molecule has 110 valence electrons. The molecule has 1 saturated carbocycles. The minimum Gasteiger partial charge on any atom is -0.393 e. The molecule has 0 radical (unpaired) electrons. The monoisotopic (exact) mass is 286 g/mol. The fourth-order valence-corrected chi connectivity index (χ4v) is 2.49. The molecule has 2 atom stereocenters. The topological polar surface area (TPSA) is 75.4 Å². The lowest BCUT2D eigenvalue weighted by Gasteiger charge is -2.15. The molecule has 0 amide bonds. The first-order valence-electron chi connectivity index (χ1n) is 6.45. The number of nitro benzene ring substituents is 1. The van der Waals surface area contributed by atoms with Crippen molar-refractivity contribution in [3.63, 3.8) is 0 Å². The second kappa shape index (κ2) is 6.13. The van der Waals surface area contributed by atoms with E-state index in [0.29, 0.717) is 13.0 Å². The highest BCUT2D eigenvalue weighted by Gasteiger charge is 2.23. The molecule has 1 aliphatic rings. The van der Waals surface area contributed by atoms with Gasteiger partial charge in [0.1, 0.15) is 0 Å². The van der Waals surface area contributed by atoms with E-state index < -0.39 is 11.3 Å². The molecular formula is C13H16F2N2O3. The Hall–Kier alpha value is -1.76. The van der Waals surface area contributed by atoms with Crippen LogP contribution in [0.4, 0.5) is 20.2 Å². The first-order valence-corrected chi connectivity index (χ1v) is 6.45. The zero-order valence-electron chi connectivity index (χ0n) is 10.8.